The van der Waals surface area contributed by atoms with Crippen molar-refractivity contribution in [2.24, 2.45) is 35.5 Å². The first-order valence-electron chi connectivity index (χ1n) is 11.6. The van der Waals surface area contributed by atoms with Crippen molar-refractivity contribution in [1.82, 2.24) is 0 Å². The Morgan fingerprint density at radius 2 is 1.48 bits per heavy atom. The molecule has 31 heavy (non-hydrogen) atoms. The molecule has 0 heterocycles. The molecule has 0 aliphatic rings. The monoisotopic (exact) mass is 440 g/mol. The summed E-state index contributed by atoms with van der Waals surface area (Å²) in [6.07, 6.45) is 6.70. The van der Waals surface area contributed by atoms with E-state index in [-0.39, 0.29) is 24.2 Å². The van der Waals surface area contributed by atoms with Gasteiger partial charge in [-0.2, -0.15) is 0 Å². The Kier molecular flexibility index (Phi) is 14.1. The number of esters is 1. The molecule has 180 valence electrons. The Balaban J connectivity index is 5.04. The summed E-state index contributed by atoms with van der Waals surface area (Å²) in [7, 11) is 0. The lowest BCUT2D eigenvalue weighted by Crippen LogP contribution is -2.21. The molecular weight excluding hydrogens is 396 g/mol. The maximum absolute atomic E-state index is 11.6. The van der Waals surface area contributed by atoms with Crippen LogP contribution in [0, 0.1) is 35.5 Å². The summed E-state index contributed by atoms with van der Waals surface area (Å²) in [6, 6.07) is 0. The predicted molar refractivity (Wildman–Crippen MR) is 123 cm³/mol. The molecule has 0 rings (SSSR count). The minimum atomic E-state index is -0.971. The topological polar surface area (TPSA) is 101 Å². The van der Waals surface area contributed by atoms with E-state index in [1.165, 1.54) is 6.92 Å². The lowest BCUT2D eigenvalue weighted by molar-refractivity contribution is -0.145. The third-order valence-corrected chi connectivity index (χ3v) is 6.01. The quantitative estimate of drug-likeness (QED) is 0.232. The van der Waals surface area contributed by atoms with Gasteiger partial charge in [-0.25, -0.2) is 0 Å². The van der Waals surface area contributed by atoms with Crippen molar-refractivity contribution in [2.45, 2.75) is 87.0 Å². The van der Waals surface area contributed by atoms with E-state index in [0.29, 0.717) is 24.9 Å². The molecule has 0 aliphatic carbocycles. The molecule has 0 bridgehead atoms. The molecule has 0 amide bonds. The third kappa shape index (κ3) is 13.9. The average Bonchev–Trinajstić information content (AvgIpc) is 2.64. The smallest absolute Gasteiger partial charge is 0.306 e. The zero-order valence-electron chi connectivity index (χ0n) is 20.5. The molecule has 0 radical (unpaired) electrons. The first-order chi connectivity index (χ1) is 14.3. The van der Waals surface area contributed by atoms with Gasteiger partial charge in [-0.05, 0) is 62.7 Å². The van der Waals surface area contributed by atoms with Crippen molar-refractivity contribution in [1.29, 1.82) is 0 Å². The van der Waals surface area contributed by atoms with Crippen molar-refractivity contribution in [2.75, 3.05) is 6.61 Å². The molecule has 6 nitrogen and oxygen atoms in total. The van der Waals surface area contributed by atoms with Gasteiger partial charge in [0.1, 0.15) is 0 Å². The molecule has 0 aromatic rings. The summed E-state index contributed by atoms with van der Waals surface area (Å²) in [5, 5.41) is 18.6. The molecule has 0 aromatic carbocycles. The number of hydrogen-bond donors (Lipinski definition) is 2. The fourth-order valence-electron chi connectivity index (χ4n) is 4.32. The van der Waals surface area contributed by atoms with Gasteiger partial charge < -0.3 is 14.9 Å². The van der Waals surface area contributed by atoms with Crippen molar-refractivity contribution in [3.05, 3.63) is 11.6 Å². The molecule has 0 aromatic heterocycles. The first kappa shape index (κ1) is 29.1. The van der Waals surface area contributed by atoms with Crippen molar-refractivity contribution < 1.29 is 29.3 Å². The highest BCUT2D eigenvalue weighted by Crippen LogP contribution is 2.28. The summed E-state index contributed by atoms with van der Waals surface area (Å²) < 4.78 is 5.31. The second-order valence-corrected chi connectivity index (χ2v) is 9.70. The molecular formula is C25H44O6. The normalized spacial score (nSPS) is 17.8. The van der Waals surface area contributed by atoms with Crippen LogP contribution in [0.25, 0.3) is 0 Å². The van der Waals surface area contributed by atoms with E-state index in [9.17, 15) is 19.5 Å². The van der Waals surface area contributed by atoms with Gasteiger partial charge in [0.05, 0.1) is 18.4 Å². The lowest BCUT2D eigenvalue weighted by Gasteiger charge is -2.24. The molecule has 0 fully saturated rings. The van der Waals surface area contributed by atoms with Crippen LogP contribution in [0.1, 0.15) is 87.0 Å². The van der Waals surface area contributed by atoms with Gasteiger partial charge in [0.2, 0.25) is 0 Å². The lowest BCUT2D eigenvalue weighted by atomic mass is 9.83. The summed E-state index contributed by atoms with van der Waals surface area (Å²) in [5.74, 6) is -1.91. The highest BCUT2D eigenvalue weighted by atomic mass is 16.5. The highest BCUT2D eigenvalue weighted by molar-refractivity contribution is 5.73. The summed E-state index contributed by atoms with van der Waals surface area (Å²) in [6.45, 7) is 14.1. The van der Waals surface area contributed by atoms with E-state index < -0.39 is 23.8 Å². The highest BCUT2D eigenvalue weighted by Gasteiger charge is 2.25. The van der Waals surface area contributed by atoms with Crippen molar-refractivity contribution in [3.63, 3.8) is 0 Å². The van der Waals surface area contributed by atoms with E-state index >= 15 is 0 Å². The molecule has 6 heteroatoms. The molecule has 2 N–H and O–H groups in total. The number of aliphatic carboxylic acids is 2. The second-order valence-electron chi connectivity index (χ2n) is 9.70. The van der Waals surface area contributed by atoms with Crippen LogP contribution in [0.2, 0.25) is 0 Å². The Bertz CT molecular complexity index is 597. The fraction of sp³-hybridized carbons (Fsp3) is 0.800. The fourth-order valence-corrected chi connectivity index (χ4v) is 4.32. The van der Waals surface area contributed by atoms with Gasteiger partial charge in [0.15, 0.2) is 0 Å². The Morgan fingerprint density at radius 1 is 0.871 bits per heavy atom. The van der Waals surface area contributed by atoms with Crippen LogP contribution < -0.4 is 0 Å². The van der Waals surface area contributed by atoms with E-state index in [1.54, 1.807) is 6.92 Å². The molecule has 0 saturated carbocycles. The molecule has 0 saturated heterocycles. The van der Waals surface area contributed by atoms with E-state index in [2.05, 4.69) is 33.8 Å². The van der Waals surface area contributed by atoms with Crippen LogP contribution in [0.15, 0.2) is 11.6 Å². The first-order valence-corrected chi connectivity index (χ1v) is 11.6. The molecule has 0 unspecified atom stereocenters. The molecule has 0 aliphatic heterocycles. The summed E-state index contributed by atoms with van der Waals surface area (Å²) in [5.41, 5.74) is 0.955. The SMILES string of the molecule is CC[C@H](C)C[C@H](C)C[C@H](COC(C)=O)C[C@@H](C)/C=C(\C)C[C@@H](C[C@@H](C)C(=O)O)C(=O)O. The maximum Gasteiger partial charge on any atom is 0.306 e. The van der Waals surface area contributed by atoms with Gasteiger partial charge in [-0.15, -0.1) is 0 Å². The molecule has 0 spiro atoms. The number of ether oxygens (including phenoxy) is 1. The number of hydrogen-bond acceptors (Lipinski definition) is 4. The van der Waals surface area contributed by atoms with Crippen LogP contribution in [-0.4, -0.2) is 34.7 Å². The summed E-state index contributed by atoms with van der Waals surface area (Å²) >= 11 is 0. The van der Waals surface area contributed by atoms with E-state index in [4.69, 9.17) is 9.84 Å². The minimum Gasteiger partial charge on any atom is -0.481 e. The maximum atomic E-state index is 11.6. The predicted octanol–water partition coefficient (Wildman–Crippen LogP) is 5.80. The third-order valence-electron chi connectivity index (χ3n) is 6.01. The Morgan fingerprint density at radius 3 is 1.97 bits per heavy atom. The van der Waals surface area contributed by atoms with Crippen LogP contribution in [0.4, 0.5) is 0 Å². The Labute approximate surface area is 188 Å². The number of allylic oxidation sites excluding steroid dienone is 2. The summed E-state index contributed by atoms with van der Waals surface area (Å²) in [4.78, 5) is 34.0. The number of rotatable bonds is 16. The standard InChI is InChI=1S/C25H44O6/c1-8-16(2)9-17(3)11-22(15-31-21(7)26)12-18(4)10-19(5)13-23(25(29)30)14-20(6)24(27)28/h10,16-18,20,22-23H,8-9,11-15H2,1-7H3,(H,27,28)(H,29,30)/b19-10+/t16-,17-,18-,20+,22-,23-/m0/s1. The second kappa shape index (κ2) is 15.0. The van der Waals surface area contributed by atoms with Crippen molar-refractivity contribution >= 4 is 17.9 Å². The van der Waals surface area contributed by atoms with Crippen molar-refractivity contribution in [3.8, 4) is 0 Å². The number of carboxylic acid groups (broad SMARTS) is 2. The average molecular weight is 441 g/mol. The van der Waals surface area contributed by atoms with Crippen LogP contribution >= 0.6 is 0 Å². The minimum absolute atomic E-state index is 0.117. The van der Waals surface area contributed by atoms with E-state index in [1.807, 2.05) is 6.92 Å². The zero-order valence-corrected chi connectivity index (χ0v) is 20.5. The van der Waals surface area contributed by atoms with Gasteiger partial charge in [0.25, 0.3) is 0 Å². The zero-order chi connectivity index (χ0) is 24.1. The number of carbonyl (C=O) groups excluding carboxylic acids is 1. The van der Waals surface area contributed by atoms with E-state index in [0.717, 1.165) is 31.3 Å². The van der Waals surface area contributed by atoms with Gasteiger partial charge in [0, 0.05) is 6.92 Å². The largest absolute Gasteiger partial charge is 0.481 e. The molecule has 6 atom stereocenters. The van der Waals surface area contributed by atoms with Gasteiger partial charge in [-0.3, -0.25) is 14.4 Å². The van der Waals surface area contributed by atoms with Crippen LogP contribution in [-0.2, 0) is 19.1 Å². The van der Waals surface area contributed by atoms with Crippen LogP contribution in [0.3, 0.4) is 0 Å². The van der Waals surface area contributed by atoms with Gasteiger partial charge in [-0.1, -0.05) is 52.7 Å². The Hall–Kier alpha value is -1.85. The number of carbonyl (C=O) groups is 3. The van der Waals surface area contributed by atoms with Gasteiger partial charge >= 0.3 is 17.9 Å². The van der Waals surface area contributed by atoms with Crippen LogP contribution in [0.5, 0.6) is 0 Å². The number of carboxylic acids is 2.